The molecule has 1 atom stereocenters. The van der Waals surface area contributed by atoms with Crippen LogP contribution in [0.3, 0.4) is 0 Å². The molecular formula is C16H20Cl2N2O4. The van der Waals surface area contributed by atoms with Gasteiger partial charge in [0, 0.05) is 10.7 Å². The third-order valence-corrected chi connectivity index (χ3v) is 3.62. The summed E-state index contributed by atoms with van der Waals surface area (Å²) in [6.45, 7) is 5.26. The van der Waals surface area contributed by atoms with Crippen LogP contribution in [0.4, 0.5) is 0 Å². The number of benzene rings is 1. The van der Waals surface area contributed by atoms with E-state index in [1.54, 1.807) is 26.0 Å². The first-order valence-electron chi connectivity index (χ1n) is 7.46. The standard InChI is InChI=1S/C16H20Cl2N2O4/c1-4-12(16(22)23-5-2)10(3)19-20-15(21)9-24-14-7-6-11(17)8-13(14)18/h6-8,12H,4-5,9H2,1-3H3,(H,20,21)/t12-/m0/s1. The van der Waals surface area contributed by atoms with E-state index >= 15 is 0 Å². The lowest BCUT2D eigenvalue weighted by molar-refractivity contribution is -0.145. The highest BCUT2D eigenvalue weighted by atomic mass is 35.5. The molecule has 0 saturated heterocycles. The fourth-order valence-corrected chi connectivity index (χ4v) is 2.33. The molecule has 6 nitrogen and oxygen atoms in total. The van der Waals surface area contributed by atoms with Gasteiger partial charge in [0.1, 0.15) is 5.75 Å². The molecule has 1 N–H and O–H groups in total. The van der Waals surface area contributed by atoms with E-state index in [2.05, 4.69) is 10.5 Å². The molecule has 1 aromatic carbocycles. The van der Waals surface area contributed by atoms with Gasteiger partial charge in [0.25, 0.3) is 5.91 Å². The molecule has 1 amide bonds. The molecule has 0 heterocycles. The van der Waals surface area contributed by atoms with Crippen LogP contribution in [0.15, 0.2) is 23.3 Å². The summed E-state index contributed by atoms with van der Waals surface area (Å²) in [4.78, 5) is 23.5. The van der Waals surface area contributed by atoms with Gasteiger partial charge in [-0.05, 0) is 38.5 Å². The molecule has 0 bridgehead atoms. The van der Waals surface area contributed by atoms with Crippen LogP contribution in [0.5, 0.6) is 5.75 Å². The van der Waals surface area contributed by atoms with Gasteiger partial charge in [0.2, 0.25) is 0 Å². The van der Waals surface area contributed by atoms with E-state index in [0.29, 0.717) is 34.5 Å². The second-order valence-corrected chi connectivity index (χ2v) is 5.71. The summed E-state index contributed by atoms with van der Waals surface area (Å²) in [5.41, 5.74) is 2.81. The number of nitrogens with one attached hydrogen (secondary N) is 1. The zero-order valence-corrected chi connectivity index (χ0v) is 15.3. The quantitative estimate of drug-likeness (QED) is 0.429. The third kappa shape index (κ3) is 6.37. The Morgan fingerprint density at radius 2 is 2.00 bits per heavy atom. The number of rotatable bonds is 8. The van der Waals surface area contributed by atoms with Crippen molar-refractivity contribution in [2.24, 2.45) is 11.0 Å². The van der Waals surface area contributed by atoms with Crippen molar-refractivity contribution in [1.29, 1.82) is 0 Å². The third-order valence-electron chi connectivity index (χ3n) is 3.09. The molecular weight excluding hydrogens is 355 g/mol. The van der Waals surface area contributed by atoms with Crippen LogP contribution in [0.25, 0.3) is 0 Å². The minimum atomic E-state index is -0.489. The van der Waals surface area contributed by atoms with E-state index in [4.69, 9.17) is 32.7 Å². The Morgan fingerprint density at radius 3 is 2.58 bits per heavy atom. The molecule has 1 aromatic rings. The molecule has 0 saturated carbocycles. The van der Waals surface area contributed by atoms with Crippen molar-refractivity contribution in [1.82, 2.24) is 5.43 Å². The predicted molar refractivity (Wildman–Crippen MR) is 93.6 cm³/mol. The summed E-state index contributed by atoms with van der Waals surface area (Å²) in [7, 11) is 0. The van der Waals surface area contributed by atoms with Gasteiger partial charge in [-0.25, -0.2) is 5.43 Å². The maximum atomic E-state index is 11.8. The number of hydrogen-bond acceptors (Lipinski definition) is 5. The average Bonchev–Trinajstić information content (AvgIpc) is 2.53. The number of esters is 1. The maximum absolute atomic E-state index is 11.8. The van der Waals surface area contributed by atoms with Crippen molar-refractivity contribution in [3.05, 3.63) is 28.2 Å². The Morgan fingerprint density at radius 1 is 1.29 bits per heavy atom. The summed E-state index contributed by atoms with van der Waals surface area (Å²) in [6, 6.07) is 4.69. The number of ether oxygens (including phenoxy) is 2. The van der Waals surface area contributed by atoms with E-state index in [1.807, 2.05) is 6.92 Å². The van der Waals surface area contributed by atoms with E-state index in [-0.39, 0.29) is 12.6 Å². The Hall–Kier alpha value is -1.79. The predicted octanol–water partition coefficient (Wildman–Crippen LogP) is 3.45. The summed E-state index contributed by atoms with van der Waals surface area (Å²) < 4.78 is 10.3. The Bertz CT molecular complexity index is 620. The van der Waals surface area contributed by atoms with Gasteiger partial charge in [-0.1, -0.05) is 30.1 Å². The molecule has 24 heavy (non-hydrogen) atoms. The fraction of sp³-hybridized carbons (Fsp3) is 0.438. The molecule has 0 aliphatic rings. The van der Waals surface area contributed by atoms with E-state index in [1.165, 1.54) is 6.07 Å². The van der Waals surface area contributed by atoms with Crippen LogP contribution in [0.2, 0.25) is 10.0 Å². The number of hydrogen-bond donors (Lipinski definition) is 1. The van der Waals surface area contributed by atoms with Crippen molar-refractivity contribution in [2.75, 3.05) is 13.2 Å². The SMILES string of the molecule is CCOC(=O)[C@@H](CC)C(C)=NNC(=O)COc1ccc(Cl)cc1Cl. The van der Waals surface area contributed by atoms with Crippen molar-refractivity contribution in [3.8, 4) is 5.75 Å². The first-order chi connectivity index (χ1) is 11.4. The summed E-state index contributed by atoms with van der Waals surface area (Å²) in [6.07, 6.45) is 0.529. The van der Waals surface area contributed by atoms with Crippen molar-refractivity contribution >= 4 is 40.8 Å². The highest BCUT2D eigenvalue weighted by Crippen LogP contribution is 2.27. The van der Waals surface area contributed by atoms with Crippen molar-refractivity contribution in [3.63, 3.8) is 0 Å². The lowest BCUT2D eigenvalue weighted by Crippen LogP contribution is -2.29. The summed E-state index contributed by atoms with van der Waals surface area (Å²) in [5, 5.41) is 4.71. The largest absolute Gasteiger partial charge is 0.482 e. The number of nitrogens with zero attached hydrogens (tertiary/aromatic N) is 1. The Balaban J connectivity index is 2.56. The van der Waals surface area contributed by atoms with Gasteiger partial charge >= 0.3 is 5.97 Å². The molecule has 0 spiro atoms. The molecule has 1 rings (SSSR count). The normalized spacial score (nSPS) is 12.5. The first kappa shape index (κ1) is 20.3. The summed E-state index contributed by atoms with van der Waals surface area (Å²) in [5.74, 6) is -0.981. The average molecular weight is 375 g/mol. The second kappa shape index (κ2) is 10.2. The molecule has 0 fully saturated rings. The lowest BCUT2D eigenvalue weighted by atomic mass is 10.0. The molecule has 0 aliphatic carbocycles. The minimum Gasteiger partial charge on any atom is -0.482 e. The van der Waals surface area contributed by atoms with Gasteiger partial charge in [-0.15, -0.1) is 0 Å². The van der Waals surface area contributed by atoms with Crippen LogP contribution in [0.1, 0.15) is 27.2 Å². The van der Waals surface area contributed by atoms with Gasteiger partial charge in [0.15, 0.2) is 6.61 Å². The first-order valence-corrected chi connectivity index (χ1v) is 8.22. The van der Waals surface area contributed by atoms with Crippen LogP contribution in [-0.2, 0) is 14.3 Å². The zero-order chi connectivity index (χ0) is 18.1. The Labute approximate surface area is 151 Å². The van der Waals surface area contributed by atoms with Gasteiger partial charge in [-0.2, -0.15) is 5.10 Å². The second-order valence-electron chi connectivity index (χ2n) is 4.86. The minimum absolute atomic E-state index is 0.270. The van der Waals surface area contributed by atoms with Gasteiger partial charge < -0.3 is 9.47 Å². The summed E-state index contributed by atoms with van der Waals surface area (Å²) >= 11 is 11.7. The lowest BCUT2D eigenvalue weighted by Gasteiger charge is -2.13. The van der Waals surface area contributed by atoms with E-state index in [0.717, 1.165) is 0 Å². The van der Waals surface area contributed by atoms with Crippen LogP contribution in [-0.4, -0.2) is 30.8 Å². The fourth-order valence-electron chi connectivity index (χ4n) is 1.87. The number of amides is 1. The topological polar surface area (TPSA) is 77.0 Å². The highest BCUT2D eigenvalue weighted by Gasteiger charge is 2.21. The monoisotopic (exact) mass is 374 g/mol. The highest BCUT2D eigenvalue weighted by molar-refractivity contribution is 6.35. The van der Waals surface area contributed by atoms with Crippen molar-refractivity contribution < 1.29 is 19.1 Å². The van der Waals surface area contributed by atoms with Crippen molar-refractivity contribution in [2.45, 2.75) is 27.2 Å². The number of carbonyl (C=O) groups excluding carboxylic acids is 2. The van der Waals surface area contributed by atoms with Crippen LogP contribution >= 0.6 is 23.2 Å². The number of carbonyl (C=O) groups is 2. The molecule has 0 aliphatic heterocycles. The molecule has 8 heteroatoms. The molecule has 0 unspecified atom stereocenters. The van der Waals surface area contributed by atoms with E-state index in [9.17, 15) is 9.59 Å². The molecule has 0 radical (unpaired) electrons. The Kier molecular flexibility index (Phi) is 8.57. The van der Waals surface area contributed by atoms with Gasteiger partial charge in [0.05, 0.1) is 17.5 Å². The van der Waals surface area contributed by atoms with Crippen LogP contribution < -0.4 is 10.2 Å². The maximum Gasteiger partial charge on any atom is 0.314 e. The number of hydrazone groups is 1. The van der Waals surface area contributed by atoms with E-state index < -0.39 is 11.8 Å². The molecule has 0 aromatic heterocycles. The van der Waals surface area contributed by atoms with Gasteiger partial charge in [-0.3, -0.25) is 9.59 Å². The number of halogens is 2. The smallest absolute Gasteiger partial charge is 0.314 e. The molecule has 132 valence electrons. The van der Waals surface area contributed by atoms with Crippen LogP contribution in [0, 0.1) is 5.92 Å². The zero-order valence-electron chi connectivity index (χ0n) is 13.8.